The summed E-state index contributed by atoms with van der Waals surface area (Å²) in [5.74, 6) is -0.567. The lowest BCUT2D eigenvalue weighted by atomic mass is 10.1. The monoisotopic (exact) mass is 258 g/mol. The number of carbonyl (C=O) groups excluding carboxylic acids is 2. The number of anilines is 1. The van der Waals surface area contributed by atoms with Gasteiger partial charge in [0, 0.05) is 0 Å². The molecule has 0 aliphatic carbocycles. The van der Waals surface area contributed by atoms with E-state index in [9.17, 15) is 22.8 Å². The van der Waals surface area contributed by atoms with Crippen LogP contribution in [0.15, 0.2) is 18.2 Å². The largest absolute Gasteiger partial charge is 0.416 e. The van der Waals surface area contributed by atoms with E-state index in [1.54, 1.807) is 0 Å². The Morgan fingerprint density at radius 2 is 1.94 bits per heavy atom. The molecule has 1 N–H and O–H groups in total. The van der Waals surface area contributed by atoms with E-state index in [0.29, 0.717) is 5.56 Å². The Labute approximate surface area is 100 Å². The molecule has 1 saturated heterocycles. The molecular weight excluding hydrogens is 249 g/mol. The van der Waals surface area contributed by atoms with Crippen molar-refractivity contribution < 1.29 is 22.8 Å². The fourth-order valence-electron chi connectivity index (χ4n) is 1.69. The van der Waals surface area contributed by atoms with Crippen molar-refractivity contribution in [2.24, 2.45) is 0 Å². The molecule has 0 atom stereocenters. The fourth-order valence-corrected chi connectivity index (χ4v) is 1.69. The number of aryl methyl sites for hydroxylation is 1. The summed E-state index contributed by atoms with van der Waals surface area (Å²) in [7, 11) is 0. The number of nitrogens with one attached hydrogen (secondary N) is 1. The van der Waals surface area contributed by atoms with E-state index in [-0.39, 0.29) is 12.2 Å². The van der Waals surface area contributed by atoms with Crippen LogP contribution >= 0.6 is 0 Å². The van der Waals surface area contributed by atoms with Gasteiger partial charge in [0.1, 0.15) is 0 Å². The summed E-state index contributed by atoms with van der Waals surface area (Å²) in [6, 6.07) is 2.24. The number of carbonyl (C=O) groups is 2. The highest BCUT2D eigenvalue weighted by Crippen LogP contribution is 2.33. The van der Waals surface area contributed by atoms with Crippen LogP contribution in [-0.2, 0) is 11.0 Å². The highest BCUT2D eigenvalue weighted by Gasteiger charge is 2.35. The minimum atomic E-state index is -4.51. The second kappa shape index (κ2) is 4.01. The third-order valence-corrected chi connectivity index (χ3v) is 2.62. The first kappa shape index (κ1) is 12.4. The van der Waals surface area contributed by atoms with Crippen molar-refractivity contribution >= 4 is 17.6 Å². The third kappa shape index (κ3) is 2.03. The van der Waals surface area contributed by atoms with Crippen molar-refractivity contribution in [2.75, 3.05) is 11.4 Å². The fraction of sp³-hybridized carbons (Fsp3) is 0.273. The molecule has 7 heteroatoms. The maximum Gasteiger partial charge on any atom is 0.416 e. The van der Waals surface area contributed by atoms with Crippen molar-refractivity contribution in [1.82, 2.24) is 5.32 Å². The van der Waals surface area contributed by atoms with Crippen molar-refractivity contribution in [3.8, 4) is 0 Å². The molecule has 0 radical (unpaired) electrons. The Morgan fingerprint density at radius 3 is 2.44 bits per heavy atom. The molecule has 18 heavy (non-hydrogen) atoms. The summed E-state index contributed by atoms with van der Waals surface area (Å²) < 4.78 is 37.7. The first-order valence-electron chi connectivity index (χ1n) is 5.09. The van der Waals surface area contributed by atoms with Gasteiger partial charge in [0.2, 0.25) is 0 Å². The van der Waals surface area contributed by atoms with Crippen LogP contribution < -0.4 is 10.2 Å². The van der Waals surface area contributed by atoms with Crippen LogP contribution in [-0.4, -0.2) is 18.5 Å². The highest BCUT2D eigenvalue weighted by atomic mass is 19.4. The van der Waals surface area contributed by atoms with Crippen LogP contribution in [0.5, 0.6) is 0 Å². The topological polar surface area (TPSA) is 49.4 Å². The van der Waals surface area contributed by atoms with Gasteiger partial charge in [0.15, 0.2) is 0 Å². The maximum atomic E-state index is 12.6. The summed E-state index contributed by atoms with van der Waals surface area (Å²) in [5.41, 5.74) is -0.506. The Bertz CT molecular complexity index is 510. The van der Waals surface area contributed by atoms with Crippen LogP contribution in [0.4, 0.5) is 23.7 Å². The lowest BCUT2D eigenvalue weighted by molar-refractivity contribution is -0.137. The van der Waals surface area contributed by atoms with Gasteiger partial charge in [-0.3, -0.25) is 4.79 Å². The summed E-state index contributed by atoms with van der Waals surface area (Å²) in [6.07, 6.45) is -4.51. The van der Waals surface area contributed by atoms with E-state index in [1.807, 2.05) is 0 Å². The molecule has 1 fully saturated rings. The molecule has 1 aromatic carbocycles. The molecule has 0 bridgehead atoms. The van der Waals surface area contributed by atoms with E-state index in [2.05, 4.69) is 5.32 Å². The molecule has 96 valence electrons. The summed E-state index contributed by atoms with van der Waals surface area (Å²) in [5, 5.41) is 2.26. The van der Waals surface area contributed by atoms with Crippen LogP contribution in [0, 0.1) is 6.92 Å². The smallest absolute Gasteiger partial charge is 0.328 e. The zero-order chi connectivity index (χ0) is 13.5. The standard InChI is InChI=1S/C11H9F3N2O2/c1-6-2-3-7(11(12,13)14)4-8(6)16-9(17)5-15-10(16)18/h2-4H,5H2,1H3,(H,15,18). The van der Waals surface area contributed by atoms with Crippen molar-refractivity contribution in [3.63, 3.8) is 0 Å². The molecule has 4 nitrogen and oxygen atoms in total. The average Bonchev–Trinajstić information content (AvgIpc) is 2.58. The van der Waals surface area contributed by atoms with Gasteiger partial charge in [0.05, 0.1) is 17.8 Å². The van der Waals surface area contributed by atoms with Gasteiger partial charge in [-0.15, -0.1) is 0 Å². The Hall–Kier alpha value is -2.05. The number of hydrogen-bond acceptors (Lipinski definition) is 2. The first-order chi connectivity index (χ1) is 8.30. The normalized spacial score (nSPS) is 16.1. The number of benzene rings is 1. The number of imide groups is 1. The van der Waals surface area contributed by atoms with E-state index in [0.717, 1.165) is 17.0 Å². The average molecular weight is 258 g/mol. The van der Waals surface area contributed by atoms with Crippen LogP contribution in [0.25, 0.3) is 0 Å². The van der Waals surface area contributed by atoms with Gasteiger partial charge >= 0.3 is 12.2 Å². The Balaban J connectivity index is 2.50. The first-order valence-corrected chi connectivity index (χ1v) is 5.09. The second-order valence-corrected chi connectivity index (χ2v) is 3.89. The molecule has 0 spiro atoms. The molecule has 1 aliphatic rings. The minimum Gasteiger partial charge on any atom is -0.328 e. The molecule has 1 aromatic rings. The summed E-state index contributed by atoms with van der Waals surface area (Å²) in [6.45, 7) is 1.34. The quantitative estimate of drug-likeness (QED) is 0.784. The number of nitrogens with zero attached hydrogens (tertiary/aromatic N) is 1. The number of hydrogen-bond donors (Lipinski definition) is 1. The van der Waals surface area contributed by atoms with Gasteiger partial charge in [-0.05, 0) is 24.6 Å². The van der Waals surface area contributed by atoms with E-state index < -0.39 is 23.7 Å². The van der Waals surface area contributed by atoms with E-state index in [4.69, 9.17) is 0 Å². The molecular formula is C11H9F3N2O2. The maximum absolute atomic E-state index is 12.6. The van der Waals surface area contributed by atoms with Gasteiger partial charge in [-0.25, -0.2) is 9.69 Å². The second-order valence-electron chi connectivity index (χ2n) is 3.89. The number of alkyl halides is 3. The summed E-state index contributed by atoms with van der Waals surface area (Å²) >= 11 is 0. The molecule has 3 amide bonds. The minimum absolute atomic E-state index is 0.0372. The molecule has 0 unspecified atom stereocenters. The molecule has 0 aromatic heterocycles. The highest BCUT2D eigenvalue weighted by molar-refractivity contribution is 6.20. The van der Waals surface area contributed by atoms with Gasteiger partial charge in [-0.1, -0.05) is 6.07 Å². The van der Waals surface area contributed by atoms with Crippen LogP contribution in [0.3, 0.4) is 0 Å². The molecule has 0 saturated carbocycles. The lowest BCUT2D eigenvalue weighted by Gasteiger charge is -2.17. The van der Waals surface area contributed by atoms with Gasteiger partial charge in [-0.2, -0.15) is 13.2 Å². The zero-order valence-corrected chi connectivity index (χ0v) is 9.34. The number of rotatable bonds is 1. The van der Waals surface area contributed by atoms with E-state index in [1.165, 1.54) is 13.0 Å². The zero-order valence-electron chi connectivity index (χ0n) is 9.34. The molecule has 1 aliphatic heterocycles. The summed E-state index contributed by atoms with van der Waals surface area (Å²) in [4.78, 5) is 23.6. The predicted octanol–water partition coefficient (Wildman–Crippen LogP) is 2.07. The van der Waals surface area contributed by atoms with Crippen molar-refractivity contribution in [1.29, 1.82) is 0 Å². The Morgan fingerprint density at radius 1 is 1.28 bits per heavy atom. The lowest BCUT2D eigenvalue weighted by Crippen LogP contribution is -2.31. The SMILES string of the molecule is Cc1ccc(C(F)(F)F)cc1N1C(=O)CNC1=O. The predicted molar refractivity (Wildman–Crippen MR) is 57.1 cm³/mol. The number of amides is 3. The van der Waals surface area contributed by atoms with Crippen LogP contribution in [0.2, 0.25) is 0 Å². The van der Waals surface area contributed by atoms with Gasteiger partial charge in [0.25, 0.3) is 5.91 Å². The molecule has 1 heterocycles. The number of halogens is 3. The third-order valence-electron chi connectivity index (χ3n) is 2.62. The van der Waals surface area contributed by atoms with Crippen LogP contribution in [0.1, 0.15) is 11.1 Å². The molecule has 2 rings (SSSR count). The van der Waals surface area contributed by atoms with Crippen molar-refractivity contribution in [2.45, 2.75) is 13.1 Å². The number of urea groups is 1. The van der Waals surface area contributed by atoms with Crippen molar-refractivity contribution in [3.05, 3.63) is 29.3 Å². The Kier molecular flexibility index (Phi) is 2.76. The van der Waals surface area contributed by atoms with E-state index >= 15 is 0 Å². The van der Waals surface area contributed by atoms with Gasteiger partial charge < -0.3 is 5.32 Å².